The van der Waals surface area contributed by atoms with Crippen LogP contribution in [0.25, 0.3) is 0 Å². The van der Waals surface area contributed by atoms with Gasteiger partial charge in [-0.3, -0.25) is 4.79 Å². The second kappa shape index (κ2) is 5.94. The summed E-state index contributed by atoms with van der Waals surface area (Å²) < 4.78 is 0. The third-order valence-electron chi connectivity index (χ3n) is 4.22. The molecule has 4 heteroatoms. The van der Waals surface area contributed by atoms with E-state index in [-0.39, 0.29) is 24.6 Å². The number of benzene rings is 1. The Kier molecular flexibility index (Phi) is 4.03. The Labute approximate surface area is 119 Å². The number of rotatable bonds is 6. The highest BCUT2D eigenvalue weighted by atomic mass is 16.3. The molecule has 1 aromatic rings. The van der Waals surface area contributed by atoms with Gasteiger partial charge in [0.1, 0.15) is 0 Å². The lowest BCUT2D eigenvalue weighted by Crippen LogP contribution is -2.45. The van der Waals surface area contributed by atoms with Crippen molar-refractivity contribution >= 4 is 5.91 Å². The maximum atomic E-state index is 12.4. The SMILES string of the molecule is O=C1C(NC2CC2)CCN1C(CO)Cc1ccccc1. The van der Waals surface area contributed by atoms with Gasteiger partial charge in [-0.15, -0.1) is 0 Å². The molecule has 20 heavy (non-hydrogen) atoms. The Morgan fingerprint density at radius 3 is 2.65 bits per heavy atom. The van der Waals surface area contributed by atoms with Crippen molar-refractivity contribution < 1.29 is 9.90 Å². The van der Waals surface area contributed by atoms with E-state index in [9.17, 15) is 9.90 Å². The molecular weight excluding hydrogens is 252 g/mol. The maximum Gasteiger partial charge on any atom is 0.240 e. The molecule has 1 heterocycles. The smallest absolute Gasteiger partial charge is 0.240 e. The fourth-order valence-electron chi connectivity index (χ4n) is 2.91. The number of nitrogens with zero attached hydrogens (tertiary/aromatic N) is 1. The molecule has 1 aliphatic carbocycles. The summed E-state index contributed by atoms with van der Waals surface area (Å²) in [5.74, 6) is 0.159. The van der Waals surface area contributed by atoms with Crippen molar-refractivity contribution in [2.75, 3.05) is 13.2 Å². The number of amides is 1. The fraction of sp³-hybridized carbons (Fsp3) is 0.562. The fourth-order valence-corrected chi connectivity index (χ4v) is 2.91. The van der Waals surface area contributed by atoms with Crippen LogP contribution in [0.5, 0.6) is 0 Å². The molecule has 1 saturated heterocycles. The average molecular weight is 274 g/mol. The van der Waals surface area contributed by atoms with Crippen molar-refractivity contribution in [3.63, 3.8) is 0 Å². The minimum atomic E-state index is -0.101. The van der Waals surface area contributed by atoms with Crippen molar-refractivity contribution in [2.24, 2.45) is 0 Å². The Balaban J connectivity index is 1.62. The highest BCUT2D eigenvalue weighted by molar-refractivity contribution is 5.84. The lowest BCUT2D eigenvalue weighted by molar-refractivity contribution is -0.132. The molecule has 0 aromatic heterocycles. The summed E-state index contributed by atoms with van der Waals surface area (Å²) in [7, 11) is 0. The molecule has 2 N–H and O–H groups in total. The Hall–Kier alpha value is -1.39. The molecular formula is C16H22N2O2. The largest absolute Gasteiger partial charge is 0.394 e. The summed E-state index contributed by atoms with van der Waals surface area (Å²) in [4.78, 5) is 14.3. The molecule has 1 aromatic carbocycles. The number of hydrogen-bond acceptors (Lipinski definition) is 3. The van der Waals surface area contributed by atoms with Gasteiger partial charge in [0.15, 0.2) is 0 Å². The Bertz CT molecular complexity index is 459. The Morgan fingerprint density at radius 2 is 2.00 bits per heavy atom. The van der Waals surface area contributed by atoms with E-state index in [4.69, 9.17) is 0 Å². The number of likely N-dealkylation sites (tertiary alicyclic amines) is 1. The average Bonchev–Trinajstić information content (AvgIpc) is 3.22. The number of hydrogen-bond donors (Lipinski definition) is 2. The molecule has 0 radical (unpaired) electrons. The standard InChI is InChI=1S/C16H22N2O2/c19-11-14(10-12-4-2-1-3-5-12)18-9-8-15(16(18)20)17-13-6-7-13/h1-5,13-15,17,19H,6-11H2. The van der Waals surface area contributed by atoms with E-state index in [1.165, 1.54) is 12.8 Å². The molecule has 2 fully saturated rings. The molecule has 108 valence electrons. The lowest BCUT2D eigenvalue weighted by atomic mass is 10.1. The zero-order chi connectivity index (χ0) is 13.9. The monoisotopic (exact) mass is 274 g/mol. The van der Waals surface area contributed by atoms with Gasteiger partial charge in [0.25, 0.3) is 0 Å². The third kappa shape index (κ3) is 3.02. The van der Waals surface area contributed by atoms with Gasteiger partial charge in [-0.05, 0) is 31.2 Å². The van der Waals surface area contributed by atoms with Crippen LogP contribution in [-0.2, 0) is 11.2 Å². The van der Waals surface area contributed by atoms with Crippen LogP contribution < -0.4 is 5.32 Å². The van der Waals surface area contributed by atoms with E-state index >= 15 is 0 Å². The first kappa shape index (κ1) is 13.6. The van der Waals surface area contributed by atoms with Crippen molar-refractivity contribution in [1.82, 2.24) is 10.2 Å². The Morgan fingerprint density at radius 1 is 1.25 bits per heavy atom. The van der Waals surface area contributed by atoms with Crippen LogP contribution >= 0.6 is 0 Å². The van der Waals surface area contributed by atoms with E-state index in [2.05, 4.69) is 5.32 Å². The first-order chi connectivity index (χ1) is 9.78. The van der Waals surface area contributed by atoms with Gasteiger partial charge in [0.2, 0.25) is 5.91 Å². The normalized spacial score (nSPS) is 24.1. The summed E-state index contributed by atoms with van der Waals surface area (Å²) >= 11 is 0. The molecule has 2 atom stereocenters. The summed E-state index contributed by atoms with van der Waals surface area (Å²) in [6, 6.07) is 10.5. The van der Waals surface area contributed by atoms with Crippen LogP contribution in [0, 0.1) is 0 Å². The van der Waals surface area contributed by atoms with Gasteiger partial charge in [-0.1, -0.05) is 30.3 Å². The van der Waals surface area contributed by atoms with Gasteiger partial charge in [0.05, 0.1) is 18.7 Å². The number of nitrogens with one attached hydrogen (secondary N) is 1. The van der Waals surface area contributed by atoms with Crippen molar-refractivity contribution in [3.05, 3.63) is 35.9 Å². The molecule has 0 bridgehead atoms. The third-order valence-corrected chi connectivity index (χ3v) is 4.22. The summed E-state index contributed by atoms with van der Waals surface area (Å²) in [6.45, 7) is 0.776. The van der Waals surface area contributed by atoms with E-state index in [1.807, 2.05) is 35.2 Å². The van der Waals surface area contributed by atoms with Crippen LogP contribution in [0.4, 0.5) is 0 Å². The molecule has 0 spiro atoms. The number of aliphatic hydroxyl groups is 1. The summed E-state index contributed by atoms with van der Waals surface area (Å²) in [5, 5.41) is 13.0. The van der Waals surface area contributed by atoms with Crippen LogP contribution in [0.3, 0.4) is 0 Å². The second-order valence-electron chi connectivity index (χ2n) is 5.84. The summed E-state index contributed by atoms with van der Waals surface area (Å²) in [5.41, 5.74) is 1.16. The molecule has 1 amide bonds. The molecule has 2 aliphatic rings. The minimum absolute atomic E-state index is 0.0246. The van der Waals surface area contributed by atoms with Gasteiger partial charge < -0.3 is 15.3 Å². The van der Waals surface area contributed by atoms with Crippen LogP contribution in [0.1, 0.15) is 24.8 Å². The summed E-state index contributed by atoms with van der Waals surface area (Å²) in [6.07, 6.45) is 3.97. The molecule has 3 rings (SSSR count). The van der Waals surface area contributed by atoms with E-state index in [0.29, 0.717) is 6.04 Å². The van der Waals surface area contributed by atoms with Gasteiger partial charge in [0, 0.05) is 12.6 Å². The van der Waals surface area contributed by atoms with Crippen LogP contribution in [0.2, 0.25) is 0 Å². The predicted molar refractivity (Wildman–Crippen MR) is 77.3 cm³/mol. The van der Waals surface area contributed by atoms with Gasteiger partial charge in [-0.2, -0.15) is 0 Å². The lowest BCUT2D eigenvalue weighted by Gasteiger charge is -2.27. The number of carbonyl (C=O) groups excluding carboxylic acids is 1. The van der Waals surface area contributed by atoms with E-state index in [0.717, 1.165) is 24.9 Å². The molecule has 1 aliphatic heterocycles. The number of carbonyl (C=O) groups is 1. The van der Waals surface area contributed by atoms with Crippen LogP contribution in [0.15, 0.2) is 30.3 Å². The minimum Gasteiger partial charge on any atom is -0.394 e. The second-order valence-corrected chi connectivity index (χ2v) is 5.84. The van der Waals surface area contributed by atoms with Gasteiger partial charge in [-0.25, -0.2) is 0 Å². The quantitative estimate of drug-likeness (QED) is 0.812. The highest BCUT2D eigenvalue weighted by Gasteiger charge is 2.38. The molecule has 2 unspecified atom stereocenters. The first-order valence-electron chi connectivity index (χ1n) is 7.49. The van der Waals surface area contributed by atoms with Crippen LogP contribution in [-0.4, -0.2) is 47.2 Å². The zero-order valence-electron chi connectivity index (χ0n) is 11.7. The first-order valence-corrected chi connectivity index (χ1v) is 7.49. The van der Waals surface area contributed by atoms with Gasteiger partial charge >= 0.3 is 0 Å². The van der Waals surface area contributed by atoms with Crippen molar-refractivity contribution in [2.45, 2.75) is 43.8 Å². The predicted octanol–water partition coefficient (Wildman–Crippen LogP) is 0.943. The molecule has 1 saturated carbocycles. The van der Waals surface area contributed by atoms with Crippen molar-refractivity contribution in [1.29, 1.82) is 0 Å². The zero-order valence-corrected chi connectivity index (χ0v) is 11.7. The number of aliphatic hydroxyl groups excluding tert-OH is 1. The van der Waals surface area contributed by atoms with Crippen molar-refractivity contribution in [3.8, 4) is 0 Å². The highest BCUT2D eigenvalue weighted by Crippen LogP contribution is 2.24. The van der Waals surface area contributed by atoms with E-state index in [1.54, 1.807) is 0 Å². The maximum absolute atomic E-state index is 12.4. The van der Waals surface area contributed by atoms with E-state index < -0.39 is 0 Å². The topological polar surface area (TPSA) is 52.6 Å². The molecule has 4 nitrogen and oxygen atoms in total.